The summed E-state index contributed by atoms with van der Waals surface area (Å²) in [4.78, 5) is 7.07. The normalized spacial score (nSPS) is 16.3. The van der Waals surface area contributed by atoms with Gasteiger partial charge in [0.2, 0.25) is 0 Å². The third-order valence-corrected chi connectivity index (χ3v) is 16.1. The standard InChI is InChI=1S/C72H67N4O.Pt/c1-70(2,3)49-35-36-73-67(42-49)76-64-32-18-17-29-60(64)61-34-33-54(44-65(61)76)77-53-24-19-23-52(43-53)74-45-75-68-55(48-37-50(71(4,5)6)41-51(38-48)72(7,8)9)30-20-31-62(68)58-27-15-13-25-56(58)57-26-14-16-28-59(57)63-39-47(40-66(74)69(63)75)46-21-11-10-12-22-46;/h13-20,23-42,45-46H,10-12,21-22H2,1-9H3;/q-3;/i4D3,5D3,6D3;. The van der Waals surface area contributed by atoms with Gasteiger partial charge in [-0.15, -0.1) is 35.7 Å². The van der Waals surface area contributed by atoms with Crippen LogP contribution in [0.5, 0.6) is 11.5 Å². The van der Waals surface area contributed by atoms with Gasteiger partial charge in [-0.2, -0.15) is 12.1 Å². The predicted molar refractivity (Wildman–Crippen MR) is 324 cm³/mol. The van der Waals surface area contributed by atoms with E-state index in [2.05, 4.69) is 145 Å². The summed E-state index contributed by atoms with van der Waals surface area (Å²) < 4.78 is 91.1. The van der Waals surface area contributed by atoms with Crippen LogP contribution in [0, 0.1) is 18.8 Å². The average molecular weight is 1210 g/mol. The number of hydrogen-bond donors (Lipinski definition) is 0. The molecule has 4 heterocycles. The zero-order chi connectivity index (χ0) is 60.5. The average Bonchev–Trinajstić information content (AvgIpc) is 1.20. The summed E-state index contributed by atoms with van der Waals surface area (Å²) in [5.74, 6) is 2.08. The Morgan fingerprint density at radius 1 is 0.551 bits per heavy atom. The first-order valence-electron chi connectivity index (χ1n) is 31.5. The van der Waals surface area contributed by atoms with Gasteiger partial charge in [-0.05, 0) is 148 Å². The van der Waals surface area contributed by atoms with E-state index in [0.717, 1.165) is 108 Å². The van der Waals surface area contributed by atoms with Crippen LogP contribution in [-0.2, 0) is 37.3 Å². The van der Waals surface area contributed by atoms with E-state index in [4.69, 9.17) is 22.1 Å². The Morgan fingerprint density at radius 2 is 1.18 bits per heavy atom. The molecule has 0 amide bonds. The minimum Gasteiger partial charge on any atom is -0.509 e. The van der Waals surface area contributed by atoms with E-state index < -0.39 is 31.4 Å². The van der Waals surface area contributed by atoms with Crippen molar-refractivity contribution in [3.05, 3.63) is 211 Å². The first kappa shape index (κ1) is 41.7. The molecule has 0 atom stereocenters. The molecule has 8 aromatic carbocycles. The summed E-state index contributed by atoms with van der Waals surface area (Å²) in [6.45, 7) is 4.13. The zero-order valence-electron chi connectivity index (χ0n) is 53.9. The van der Waals surface area contributed by atoms with Gasteiger partial charge in [-0.25, -0.2) is 4.98 Å². The number of para-hydroxylation sites is 2. The second-order valence-corrected chi connectivity index (χ2v) is 23.3. The fourth-order valence-electron chi connectivity index (χ4n) is 12.1. The van der Waals surface area contributed by atoms with Crippen LogP contribution >= 0.6 is 0 Å². The Kier molecular flexibility index (Phi) is 10.5. The number of benzene rings is 8. The Morgan fingerprint density at radius 3 is 1.88 bits per heavy atom. The summed E-state index contributed by atoms with van der Waals surface area (Å²) in [6, 6.07) is 62.4. The van der Waals surface area contributed by atoms with Crippen molar-refractivity contribution in [1.29, 1.82) is 0 Å². The molecule has 3 aromatic heterocycles. The molecule has 1 aliphatic heterocycles. The minimum absolute atomic E-state index is 0. The molecule has 2 aliphatic rings. The number of aromatic nitrogens is 3. The van der Waals surface area contributed by atoms with Gasteiger partial charge >= 0.3 is 0 Å². The number of fused-ring (bicyclic) bond motifs is 10. The third-order valence-electron chi connectivity index (χ3n) is 16.1. The molecule has 0 N–H and O–H groups in total. The van der Waals surface area contributed by atoms with E-state index in [1.807, 2.05) is 87.6 Å². The van der Waals surface area contributed by atoms with E-state index in [1.54, 1.807) is 0 Å². The van der Waals surface area contributed by atoms with Gasteiger partial charge in [0.1, 0.15) is 5.82 Å². The van der Waals surface area contributed by atoms with E-state index >= 15 is 0 Å². The molecule has 1 fully saturated rings. The van der Waals surface area contributed by atoms with E-state index in [0.29, 0.717) is 39.8 Å². The van der Waals surface area contributed by atoms with Crippen LogP contribution in [0.25, 0.3) is 82.1 Å². The molecule has 1 saturated carbocycles. The van der Waals surface area contributed by atoms with Crippen molar-refractivity contribution in [2.45, 2.75) is 116 Å². The molecule has 0 spiro atoms. The Labute approximate surface area is 487 Å². The largest absolute Gasteiger partial charge is 0.509 e. The van der Waals surface area contributed by atoms with E-state index in [-0.39, 0.29) is 32.0 Å². The van der Waals surface area contributed by atoms with Gasteiger partial charge in [-0.3, -0.25) is 0 Å². The number of pyridine rings is 1. The quantitative estimate of drug-likeness (QED) is 0.156. The smallest absolute Gasteiger partial charge is 0.135 e. The van der Waals surface area contributed by atoms with Gasteiger partial charge in [0, 0.05) is 62.3 Å². The monoisotopic (exact) mass is 1210 g/mol. The predicted octanol–water partition coefficient (Wildman–Crippen LogP) is 19.8. The molecule has 5 nitrogen and oxygen atoms in total. The summed E-state index contributed by atoms with van der Waals surface area (Å²) in [5.41, 5.74) is 4.86. The molecule has 394 valence electrons. The van der Waals surface area contributed by atoms with Crippen molar-refractivity contribution >= 4 is 76.5 Å². The van der Waals surface area contributed by atoms with Gasteiger partial charge < -0.3 is 18.8 Å². The van der Waals surface area contributed by atoms with E-state index in [9.17, 15) is 0 Å². The molecule has 0 radical (unpaired) electrons. The van der Waals surface area contributed by atoms with Crippen LogP contribution in [0.4, 0.5) is 11.4 Å². The van der Waals surface area contributed by atoms with Crippen LogP contribution in [0.15, 0.2) is 170 Å². The van der Waals surface area contributed by atoms with Crippen molar-refractivity contribution in [3.8, 4) is 28.4 Å². The molecule has 6 heteroatoms. The molecule has 0 unspecified atom stereocenters. The second kappa shape index (κ2) is 19.5. The van der Waals surface area contributed by atoms with Crippen LogP contribution in [0.2, 0.25) is 0 Å². The molecular weight excluding hydrogens is 1130 g/mol. The number of nitrogens with zero attached hydrogens (tertiary/aromatic N) is 4. The molecule has 13 rings (SSSR count). The van der Waals surface area contributed by atoms with Gasteiger partial charge in [0.15, 0.2) is 0 Å². The molecular formula is C72H67N4OPt-3. The van der Waals surface area contributed by atoms with Gasteiger partial charge in [0.25, 0.3) is 0 Å². The van der Waals surface area contributed by atoms with Crippen LogP contribution in [0.1, 0.15) is 135 Å². The molecule has 11 aromatic rings. The SMILES string of the molecule is [2H]C([2H])([2H])C(c1cc(-c2cccc3c4ccccc4c4ccccc4c4cc(C5CCCCC5)cc5c4n(c23)[CH-]N5c2[c-]c(Oc3[c-]c4c(cc3)c3ccccc3n4-c3cc(C(C)(C)C)ccn3)ccc2)cc(C(C)(C)C)c1)(C([2H])([2H])[2H])C([2H])([2H])[2H].[Pt]. The van der Waals surface area contributed by atoms with E-state index in [1.165, 1.54) is 24.1 Å². The first-order chi connectivity index (χ1) is 40.8. The van der Waals surface area contributed by atoms with Crippen molar-refractivity contribution in [1.82, 2.24) is 14.1 Å². The van der Waals surface area contributed by atoms with Crippen molar-refractivity contribution in [3.63, 3.8) is 0 Å². The molecule has 1 aliphatic carbocycles. The third kappa shape index (κ3) is 9.02. The van der Waals surface area contributed by atoms with Crippen LogP contribution < -0.4 is 9.64 Å². The van der Waals surface area contributed by atoms with Crippen molar-refractivity contribution < 1.29 is 38.1 Å². The van der Waals surface area contributed by atoms with Crippen molar-refractivity contribution in [2.24, 2.45) is 0 Å². The first-order valence-corrected chi connectivity index (χ1v) is 27.0. The van der Waals surface area contributed by atoms with Gasteiger partial charge in [0.05, 0.1) is 0 Å². The zero-order valence-corrected chi connectivity index (χ0v) is 47.1. The molecule has 0 bridgehead atoms. The molecule has 0 saturated heterocycles. The Bertz CT molecular complexity index is 4560. The van der Waals surface area contributed by atoms with Gasteiger partial charge in [-0.1, -0.05) is 202 Å². The Hall–Kier alpha value is -7.33. The number of rotatable bonds is 6. The number of anilines is 2. The fourth-order valence-corrected chi connectivity index (χ4v) is 12.1. The topological polar surface area (TPSA) is 35.2 Å². The summed E-state index contributed by atoms with van der Waals surface area (Å²) in [6.07, 6.45) is 7.47. The maximum atomic E-state index is 8.88. The maximum absolute atomic E-state index is 8.88. The molecule has 78 heavy (non-hydrogen) atoms. The van der Waals surface area contributed by atoms with Crippen LogP contribution in [0.3, 0.4) is 0 Å². The van der Waals surface area contributed by atoms with Crippen LogP contribution in [-0.4, -0.2) is 14.1 Å². The number of hydrogen-bond acceptors (Lipinski definition) is 3. The second-order valence-electron chi connectivity index (χ2n) is 23.3. The minimum atomic E-state index is -3.48. The summed E-state index contributed by atoms with van der Waals surface area (Å²) >= 11 is 0. The summed E-state index contributed by atoms with van der Waals surface area (Å²) in [7, 11) is 0. The number of ether oxygens (including phenoxy) is 1. The summed E-state index contributed by atoms with van der Waals surface area (Å²) in [5, 5.41) is 8.00. The van der Waals surface area contributed by atoms with Crippen molar-refractivity contribution in [2.75, 3.05) is 4.90 Å². The fraction of sp³-hybridized carbons (Fsp3) is 0.250. The maximum Gasteiger partial charge on any atom is 0.135 e. The Balaban J connectivity index is 0.00000739.